The van der Waals surface area contributed by atoms with Crippen LogP contribution in [0.1, 0.15) is 18.7 Å². The molecular weight excluding hydrogens is 356 g/mol. The molecule has 130 valence electrons. The Morgan fingerprint density at radius 2 is 2.08 bits per heavy atom. The topological polar surface area (TPSA) is 72.0 Å². The van der Waals surface area contributed by atoms with Gasteiger partial charge in [0, 0.05) is 10.4 Å². The van der Waals surface area contributed by atoms with Crippen LogP contribution in [0, 0.1) is 6.92 Å². The Bertz CT molecular complexity index is 964. The third-order valence-electron chi connectivity index (χ3n) is 3.69. The van der Waals surface area contributed by atoms with Crippen molar-refractivity contribution in [3.63, 3.8) is 0 Å². The molecule has 2 heterocycles. The number of nitrogens with one attached hydrogen (secondary N) is 1. The molecule has 3 aromatic rings. The maximum atomic E-state index is 12.7. The van der Waals surface area contributed by atoms with Gasteiger partial charge in [-0.15, -0.1) is 11.3 Å². The standard InChI is InChI=1S/C18H18N2O3S2/c1-4-23-17(22)11(3)25-18-19-15(21)14-13(10(2)24-16(14)20-18)12-8-6-5-7-9-12/h5-9,11H,4H2,1-3H3,(H,19,20,21)/t11-/m0/s1. The van der Waals surface area contributed by atoms with Crippen molar-refractivity contribution in [2.24, 2.45) is 0 Å². The highest BCUT2D eigenvalue weighted by Gasteiger charge is 2.20. The summed E-state index contributed by atoms with van der Waals surface area (Å²) >= 11 is 2.68. The molecule has 25 heavy (non-hydrogen) atoms. The fourth-order valence-electron chi connectivity index (χ4n) is 2.58. The number of fused-ring (bicyclic) bond motifs is 1. The Hall–Kier alpha value is -2.12. The monoisotopic (exact) mass is 374 g/mol. The number of aryl methyl sites for hydroxylation is 1. The largest absolute Gasteiger partial charge is 0.465 e. The van der Waals surface area contributed by atoms with E-state index in [1.54, 1.807) is 13.8 Å². The number of aromatic amines is 1. The van der Waals surface area contributed by atoms with Gasteiger partial charge in [0.2, 0.25) is 0 Å². The van der Waals surface area contributed by atoms with Crippen LogP contribution < -0.4 is 5.56 Å². The maximum absolute atomic E-state index is 12.7. The van der Waals surface area contributed by atoms with E-state index in [1.807, 2.05) is 37.3 Å². The van der Waals surface area contributed by atoms with Crippen LogP contribution in [0.25, 0.3) is 21.3 Å². The number of aromatic nitrogens is 2. The molecule has 7 heteroatoms. The summed E-state index contributed by atoms with van der Waals surface area (Å²) in [6.45, 7) is 5.82. The number of H-pyrrole nitrogens is 1. The number of hydrogen-bond donors (Lipinski definition) is 1. The number of carbonyl (C=O) groups is 1. The van der Waals surface area contributed by atoms with Crippen molar-refractivity contribution in [1.29, 1.82) is 0 Å². The molecule has 0 fully saturated rings. The molecule has 0 aliphatic rings. The van der Waals surface area contributed by atoms with Gasteiger partial charge in [0.15, 0.2) is 5.16 Å². The Kier molecular flexibility index (Phi) is 5.24. The zero-order chi connectivity index (χ0) is 18.0. The molecule has 5 nitrogen and oxygen atoms in total. The van der Waals surface area contributed by atoms with Crippen molar-refractivity contribution >= 4 is 39.3 Å². The van der Waals surface area contributed by atoms with E-state index in [1.165, 1.54) is 23.1 Å². The number of carbonyl (C=O) groups excluding carboxylic acids is 1. The first-order chi connectivity index (χ1) is 12.0. The lowest BCUT2D eigenvalue weighted by Crippen LogP contribution is -2.18. The molecule has 0 unspecified atom stereocenters. The molecule has 0 bridgehead atoms. The molecule has 0 saturated carbocycles. The van der Waals surface area contributed by atoms with Gasteiger partial charge in [0.25, 0.3) is 5.56 Å². The molecule has 1 N–H and O–H groups in total. The average Bonchev–Trinajstić information content (AvgIpc) is 2.92. The first-order valence-electron chi connectivity index (χ1n) is 7.93. The van der Waals surface area contributed by atoms with Gasteiger partial charge < -0.3 is 9.72 Å². The van der Waals surface area contributed by atoms with E-state index >= 15 is 0 Å². The zero-order valence-corrected chi connectivity index (χ0v) is 15.8. The number of benzene rings is 1. The first kappa shape index (κ1) is 17.7. The number of rotatable bonds is 5. The summed E-state index contributed by atoms with van der Waals surface area (Å²) in [6, 6.07) is 9.82. The molecule has 1 aromatic carbocycles. The van der Waals surface area contributed by atoms with Crippen molar-refractivity contribution < 1.29 is 9.53 Å². The van der Waals surface area contributed by atoms with Crippen LogP contribution in [-0.4, -0.2) is 27.8 Å². The van der Waals surface area contributed by atoms with Crippen molar-refractivity contribution in [3.05, 3.63) is 45.6 Å². The molecule has 1 atom stereocenters. The molecule has 3 rings (SSSR count). The Labute approximate surface area is 153 Å². The normalized spacial score (nSPS) is 12.3. The Morgan fingerprint density at radius 1 is 1.36 bits per heavy atom. The third kappa shape index (κ3) is 3.62. The molecule has 0 amide bonds. The minimum absolute atomic E-state index is 0.188. The van der Waals surface area contributed by atoms with E-state index in [-0.39, 0.29) is 11.5 Å². The summed E-state index contributed by atoms with van der Waals surface area (Å²) in [4.78, 5) is 33.5. The predicted octanol–water partition coefficient (Wildman–Crippen LogP) is 4.00. The van der Waals surface area contributed by atoms with Gasteiger partial charge in [0.1, 0.15) is 10.1 Å². The SMILES string of the molecule is CCOC(=O)[C@H](C)Sc1nc2sc(C)c(-c3ccccc3)c2c(=O)[nH]1. The first-order valence-corrected chi connectivity index (χ1v) is 9.63. The van der Waals surface area contributed by atoms with Crippen LogP contribution in [0.2, 0.25) is 0 Å². The van der Waals surface area contributed by atoms with Gasteiger partial charge >= 0.3 is 5.97 Å². The van der Waals surface area contributed by atoms with Crippen molar-refractivity contribution in [3.8, 4) is 11.1 Å². The highest BCUT2D eigenvalue weighted by atomic mass is 32.2. The summed E-state index contributed by atoms with van der Waals surface area (Å²) < 4.78 is 5.00. The van der Waals surface area contributed by atoms with E-state index in [0.29, 0.717) is 22.0 Å². The molecular formula is C18H18N2O3S2. The van der Waals surface area contributed by atoms with E-state index in [2.05, 4.69) is 9.97 Å². The van der Waals surface area contributed by atoms with Crippen molar-refractivity contribution in [2.45, 2.75) is 31.2 Å². The van der Waals surface area contributed by atoms with Crippen molar-refractivity contribution in [1.82, 2.24) is 9.97 Å². The second kappa shape index (κ2) is 7.41. The minimum Gasteiger partial charge on any atom is -0.465 e. The summed E-state index contributed by atoms with van der Waals surface area (Å²) in [5.74, 6) is -0.317. The Balaban J connectivity index is 2.02. The summed E-state index contributed by atoms with van der Waals surface area (Å²) in [5, 5.41) is 0.593. The molecule has 2 aromatic heterocycles. The van der Waals surface area contributed by atoms with Crippen LogP contribution >= 0.6 is 23.1 Å². The second-order valence-corrected chi connectivity index (χ2v) is 8.00. The number of esters is 1. The number of thioether (sulfide) groups is 1. The summed E-state index contributed by atoms with van der Waals surface area (Å²) in [6.07, 6.45) is 0. The van der Waals surface area contributed by atoms with Crippen LogP contribution in [0.4, 0.5) is 0 Å². The highest BCUT2D eigenvalue weighted by Crippen LogP contribution is 2.36. The fourth-order valence-corrected chi connectivity index (χ4v) is 4.48. The van der Waals surface area contributed by atoms with Crippen LogP contribution in [0.5, 0.6) is 0 Å². The number of thiophene rings is 1. The smallest absolute Gasteiger partial charge is 0.319 e. The molecule has 0 aliphatic heterocycles. The maximum Gasteiger partial charge on any atom is 0.319 e. The predicted molar refractivity (Wildman–Crippen MR) is 102 cm³/mol. The number of ether oxygens (including phenoxy) is 1. The third-order valence-corrected chi connectivity index (χ3v) is 5.65. The lowest BCUT2D eigenvalue weighted by Gasteiger charge is -2.09. The van der Waals surface area contributed by atoms with Gasteiger partial charge in [-0.05, 0) is 26.3 Å². The van der Waals surface area contributed by atoms with E-state index < -0.39 is 5.25 Å². The van der Waals surface area contributed by atoms with Gasteiger partial charge in [-0.1, -0.05) is 42.1 Å². The summed E-state index contributed by atoms with van der Waals surface area (Å²) in [7, 11) is 0. The zero-order valence-electron chi connectivity index (χ0n) is 14.2. The van der Waals surface area contributed by atoms with E-state index in [0.717, 1.165) is 16.0 Å². The minimum atomic E-state index is -0.435. The number of hydrogen-bond acceptors (Lipinski definition) is 6. The summed E-state index contributed by atoms with van der Waals surface area (Å²) in [5.41, 5.74) is 1.73. The molecule has 0 spiro atoms. The number of nitrogens with zero attached hydrogens (tertiary/aromatic N) is 1. The average molecular weight is 374 g/mol. The van der Waals surface area contributed by atoms with Gasteiger partial charge in [-0.3, -0.25) is 9.59 Å². The van der Waals surface area contributed by atoms with Crippen molar-refractivity contribution in [2.75, 3.05) is 6.61 Å². The van der Waals surface area contributed by atoms with E-state index in [4.69, 9.17) is 4.74 Å². The van der Waals surface area contributed by atoms with Crippen LogP contribution in [-0.2, 0) is 9.53 Å². The molecule has 0 saturated heterocycles. The molecule has 0 radical (unpaired) electrons. The highest BCUT2D eigenvalue weighted by molar-refractivity contribution is 8.00. The van der Waals surface area contributed by atoms with Crippen LogP contribution in [0.15, 0.2) is 40.3 Å². The molecule has 0 aliphatic carbocycles. The fraction of sp³-hybridized carbons (Fsp3) is 0.278. The second-order valence-electron chi connectivity index (χ2n) is 5.46. The lowest BCUT2D eigenvalue weighted by molar-refractivity contribution is -0.142. The van der Waals surface area contributed by atoms with Crippen LogP contribution in [0.3, 0.4) is 0 Å². The van der Waals surface area contributed by atoms with E-state index in [9.17, 15) is 9.59 Å². The Morgan fingerprint density at radius 3 is 2.76 bits per heavy atom. The quantitative estimate of drug-likeness (QED) is 0.415. The van der Waals surface area contributed by atoms with Gasteiger partial charge in [0.05, 0.1) is 12.0 Å². The van der Waals surface area contributed by atoms with Gasteiger partial charge in [-0.2, -0.15) is 0 Å². The lowest BCUT2D eigenvalue weighted by atomic mass is 10.0. The van der Waals surface area contributed by atoms with Gasteiger partial charge in [-0.25, -0.2) is 4.98 Å².